The Hall–Kier alpha value is -2.40. The quantitative estimate of drug-likeness (QED) is 0.763. The number of nitrogens with two attached hydrogens (primary N) is 1. The van der Waals surface area contributed by atoms with Crippen LogP contribution < -0.4 is 5.73 Å². The van der Waals surface area contributed by atoms with Gasteiger partial charge in [-0.3, -0.25) is 9.80 Å². The summed E-state index contributed by atoms with van der Waals surface area (Å²) in [5.74, 6) is 0.731. The Kier molecular flexibility index (Phi) is 5.59. The lowest BCUT2D eigenvalue weighted by molar-refractivity contribution is 0.0530. The van der Waals surface area contributed by atoms with Crippen molar-refractivity contribution in [2.45, 2.75) is 19.5 Å². The average molecular weight is 411 g/mol. The molecule has 2 aliphatic rings. The smallest absolute Gasteiger partial charge is 0.348 e. The molecule has 0 spiro atoms. The highest BCUT2D eigenvalue weighted by Gasteiger charge is 2.46. The van der Waals surface area contributed by atoms with E-state index in [0.717, 1.165) is 36.5 Å². The first-order valence-electron chi connectivity index (χ1n) is 9.99. The Morgan fingerprint density at radius 2 is 2.07 bits per heavy atom. The molecular weight excluding hydrogens is 384 g/mol. The van der Waals surface area contributed by atoms with Gasteiger partial charge in [0.25, 0.3) is 0 Å². The number of likely N-dealkylation sites (tertiary alicyclic amines) is 2. The summed E-state index contributed by atoms with van der Waals surface area (Å²) in [5, 5.41) is 9.98. The van der Waals surface area contributed by atoms with Gasteiger partial charge < -0.3 is 10.5 Å². The lowest BCUT2D eigenvalue weighted by atomic mass is 9.90. The summed E-state index contributed by atoms with van der Waals surface area (Å²) in [5.41, 5.74) is 8.53. The first kappa shape index (κ1) is 19.9. The third-order valence-electron chi connectivity index (χ3n) is 6.10. The summed E-state index contributed by atoms with van der Waals surface area (Å²) in [4.78, 5) is 17.7. The molecule has 0 aliphatic carbocycles. The van der Waals surface area contributed by atoms with Gasteiger partial charge in [-0.1, -0.05) is 30.3 Å². The van der Waals surface area contributed by atoms with Gasteiger partial charge in [0.2, 0.25) is 0 Å². The van der Waals surface area contributed by atoms with Crippen LogP contribution >= 0.6 is 11.3 Å². The van der Waals surface area contributed by atoms with Crippen molar-refractivity contribution in [2.75, 3.05) is 39.0 Å². The molecule has 0 radical (unpaired) electrons. The van der Waals surface area contributed by atoms with E-state index >= 15 is 0 Å². The fourth-order valence-corrected chi connectivity index (χ4v) is 5.90. The number of nitrogens with zero attached hydrogens (tertiary/aromatic N) is 3. The lowest BCUT2D eigenvalue weighted by Gasteiger charge is -2.27. The Bertz CT molecular complexity index is 936. The van der Waals surface area contributed by atoms with E-state index in [0.29, 0.717) is 46.5 Å². The van der Waals surface area contributed by atoms with Crippen LogP contribution in [0, 0.1) is 23.2 Å². The molecule has 0 bridgehead atoms. The van der Waals surface area contributed by atoms with Gasteiger partial charge >= 0.3 is 5.97 Å². The van der Waals surface area contributed by atoms with Crippen molar-refractivity contribution in [1.82, 2.24) is 9.80 Å². The van der Waals surface area contributed by atoms with Crippen LogP contribution in [0.3, 0.4) is 0 Å². The van der Waals surface area contributed by atoms with Gasteiger partial charge in [0, 0.05) is 37.8 Å². The molecule has 2 aromatic rings. The third-order valence-corrected chi connectivity index (χ3v) is 7.14. The van der Waals surface area contributed by atoms with Crippen LogP contribution in [-0.4, -0.2) is 49.1 Å². The van der Waals surface area contributed by atoms with E-state index in [2.05, 4.69) is 53.2 Å². The maximum Gasteiger partial charge on any atom is 0.348 e. The second-order valence-electron chi connectivity index (χ2n) is 7.89. The molecule has 1 aromatic carbocycles. The monoisotopic (exact) mass is 410 g/mol. The average Bonchev–Trinajstić information content (AvgIpc) is 3.32. The predicted octanol–water partition coefficient (Wildman–Crippen LogP) is 3.11. The van der Waals surface area contributed by atoms with Gasteiger partial charge in [-0.15, -0.1) is 11.3 Å². The molecule has 6 nitrogen and oxygen atoms in total. The van der Waals surface area contributed by atoms with Crippen LogP contribution in [0.25, 0.3) is 0 Å². The zero-order valence-electron chi connectivity index (χ0n) is 16.8. The summed E-state index contributed by atoms with van der Waals surface area (Å²) < 4.78 is 5.19. The largest absolute Gasteiger partial charge is 0.462 e. The lowest BCUT2D eigenvalue weighted by Crippen LogP contribution is -2.29. The van der Waals surface area contributed by atoms with E-state index in [1.165, 1.54) is 5.56 Å². The van der Waals surface area contributed by atoms with Crippen molar-refractivity contribution in [2.24, 2.45) is 11.8 Å². The number of benzene rings is 1. The van der Waals surface area contributed by atoms with Gasteiger partial charge in [0.05, 0.1) is 12.2 Å². The standard InChI is InChI=1S/C22H26N4O2S/c1-3-28-22(27)20-18(16(9-23)21(24)29-20)13-26-11-15-10-25(2)19(17(15)12-26)14-7-5-4-6-8-14/h4-8,15,17,19H,3,10-13,24H2,1-2H3/t15-,17+,19-/m0/s1. The van der Waals surface area contributed by atoms with E-state index in [-0.39, 0.29) is 5.97 Å². The number of carbonyl (C=O) groups is 1. The zero-order valence-corrected chi connectivity index (χ0v) is 17.6. The van der Waals surface area contributed by atoms with Gasteiger partial charge in [-0.2, -0.15) is 5.26 Å². The van der Waals surface area contributed by atoms with Crippen LogP contribution in [0.5, 0.6) is 0 Å². The second kappa shape index (κ2) is 8.15. The minimum absolute atomic E-state index is 0.302. The number of hydrogen-bond acceptors (Lipinski definition) is 7. The molecule has 2 aliphatic heterocycles. The van der Waals surface area contributed by atoms with Crippen LogP contribution in [0.2, 0.25) is 0 Å². The number of anilines is 1. The molecule has 0 amide bonds. The Labute approximate surface area is 175 Å². The number of fused-ring (bicyclic) bond motifs is 1. The van der Waals surface area contributed by atoms with E-state index in [9.17, 15) is 10.1 Å². The van der Waals surface area contributed by atoms with Crippen molar-refractivity contribution < 1.29 is 9.53 Å². The van der Waals surface area contributed by atoms with Crippen LogP contribution in [0.4, 0.5) is 5.00 Å². The van der Waals surface area contributed by atoms with Crippen molar-refractivity contribution in [3.8, 4) is 6.07 Å². The fourth-order valence-electron chi connectivity index (χ4n) is 4.97. The topological polar surface area (TPSA) is 82.6 Å². The van der Waals surface area contributed by atoms with Gasteiger partial charge in [-0.25, -0.2) is 4.79 Å². The number of esters is 1. The van der Waals surface area contributed by atoms with Crippen LogP contribution in [0.1, 0.15) is 39.3 Å². The fraction of sp³-hybridized carbons (Fsp3) is 0.455. The first-order chi connectivity index (χ1) is 14.0. The molecule has 4 rings (SSSR count). The molecule has 2 saturated heterocycles. The summed E-state index contributed by atoms with van der Waals surface area (Å²) in [6.45, 7) is 5.60. The highest BCUT2D eigenvalue weighted by Crippen LogP contribution is 2.45. The number of carbonyl (C=O) groups excluding carboxylic acids is 1. The zero-order chi connectivity index (χ0) is 20.5. The van der Waals surface area contributed by atoms with Gasteiger partial charge in [-0.05, 0) is 31.4 Å². The maximum atomic E-state index is 12.4. The molecule has 3 atom stereocenters. The molecular formula is C22H26N4O2S. The van der Waals surface area contributed by atoms with E-state index in [4.69, 9.17) is 10.5 Å². The summed E-state index contributed by atoms with van der Waals surface area (Å²) in [6.07, 6.45) is 0. The minimum Gasteiger partial charge on any atom is -0.462 e. The summed E-state index contributed by atoms with van der Waals surface area (Å²) >= 11 is 1.16. The van der Waals surface area contributed by atoms with Crippen LogP contribution in [-0.2, 0) is 11.3 Å². The van der Waals surface area contributed by atoms with Gasteiger partial charge in [0.15, 0.2) is 0 Å². The third kappa shape index (κ3) is 3.64. The normalized spacial score (nSPS) is 24.4. The number of rotatable bonds is 5. The summed E-state index contributed by atoms with van der Waals surface area (Å²) in [7, 11) is 2.20. The number of thiophene rings is 1. The number of hydrogen-bond donors (Lipinski definition) is 1. The molecule has 29 heavy (non-hydrogen) atoms. The molecule has 0 unspecified atom stereocenters. The Morgan fingerprint density at radius 3 is 2.76 bits per heavy atom. The highest BCUT2D eigenvalue weighted by molar-refractivity contribution is 7.18. The van der Waals surface area contributed by atoms with E-state index < -0.39 is 0 Å². The molecule has 152 valence electrons. The van der Waals surface area contributed by atoms with Crippen molar-refractivity contribution in [3.05, 3.63) is 51.9 Å². The Morgan fingerprint density at radius 1 is 1.31 bits per heavy atom. The minimum atomic E-state index is -0.387. The molecule has 0 saturated carbocycles. The van der Waals surface area contributed by atoms with Crippen molar-refractivity contribution in [1.29, 1.82) is 5.26 Å². The maximum absolute atomic E-state index is 12.4. The highest BCUT2D eigenvalue weighted by atomic mass is 32.1. The Balaban J connectivity index is 1.56. The van der Waals surface area contributed by atoms with E-state index in [1.54, 1.807) is 6.92 Å². The molecule has 2 N–H and O–H groups in total. The molecule has 3 heterocycles. The van der Waals surface area contributed by atoms with Crippen molar-refractivity contribution >= 4 is 22.3 Å². The first-order valence-corrected chi connectivity index (χ1v) is 10.8. The van der Waals surface area contributed by atoms with Gasteiger partial charge in [0.1, 0.15) is 15.9 Å². The molecule has 1 aromatic heterocycles. The van der Waals surface area contributed by atoms with Crippen molar-refractivity contribution in [3.63, 3.8) is 0 Å². The van der Waals surface area contributed by atoms with Crippen LogP contribution in [0.15, 0.2) is 30.3 Å². The second-order valence-corrected chi connectivity index (χ2v) is 8.95. The molecule has 7 heteroatoms. The number of nitrogen functional groups attached to an aromatic ring is 1. The summed E-state index contributed by atoms with van der Waals surface area (Å²) in [6, 6.07) is 13.3. The predicted molar refractivity (Wildman–Crippen MR) is 113 cm³/mol. The van der Waals surface area contributed by atoms with E-state index in [1.807, 2.05) is 0 Å². The molecule has 2 fully saturated rings. The number of nitriles is 1. The number of ether oxygens (including phenoxy) is 1. The SMILES string of the molecule is CCOC(=O)c1sc(N)c(C#N)c1CN1C[C@@H]2CN(C)[C@@H](c3ccccc3)[C@@H]2C1.